The van der Waals surface area contributed by atoms with Gasteiger partial charge in [0.15, 0.2) is 6.20 Å². The molecule has 116 valence electrons. The summed E-state index contributed by atoms with van der Waals surface area (Å²) >= 11 is 0. The topological polar surface area (TPSA) is 21.4 Å². The molecule has 0 aliphatic rings. The largest absolute Gasteiger partial charge is 0.457 e. The van der Waals surface area contributed by atoms with Crippen molar-refractivity contribution >= 4 is 27.6 Å². The van der Waals surface area contributed by atoms with Gasteiger partial charge in [-0.1, -0.05) is 18.2 Å². The van der Waals surface area contributed by atoms with Gasteiger partial charge in [-0.25, -0.2) is 9.41 Å². The quantitative estimate of drug-likeness (QED) is 0.347. The number of aryl methyl sites for hydroxylation is 3. The third-order valence-electron chi connectivity index (χ3n) is 4.49. The maximum Gasteiger partial charge on any atom is 0.212 e. The van der Waals surface area contributed by atoms with Crippen LogP contribution >= 0.6 is 0 Å². The van der Waals surface area contributed by atoms with Crippen LogP contribution in [0.5, 0.6) is 0 Å². The SMILES string of the molecule is [C-]#[N+]c1c(-c2ccc(C)c[n+]2C)c(C)cc2oc3ccccc3c12. The van der Waals surface area contributed by atoms with Crippen LogP contribution in [0.15, 0.2) is 53.1 Å². The molecule has 0 aliphatic heterocycles. The summed E-state index contributed by atoms with van der Waals surface area (Å²) in [6.45, 7) is 11.9. The number of fused-ring (bicyclic) bond motifs is 3. The monoisotopic (exact) mass is 313 g/mol. The van der Waals surface area contributed by atoms with Crippen molar-refractivity contribution in [1.29, 1.82) is 0 Å². The first-order valence-corrected chi connectivity index (χ1v) is 7.89. The molecule has 3 heteroatoms. The summed E-state index contributed by atoms with van der Waals surface area (Å²) in [6, 6.07) is 14.1. The Labute approximate surface area is 140 Å². The molecule has 4 aromatic rings. The number of rotatable bonds is 1. The normalized spacial score (nSPS) is 11.1. The van der Waals surface area contributed by atoms with Gasteiger partial charge in [0.2, 0.25) is 11.4 Å². The van der Waals surface area contributed by atoms with Gasteiger partial charge in [-0.05, 0) is 37.6 Å². The number of hydrogen-bond acceptors (Lipinski definition) is 1. The van der Waals surface area contributed by atoms with Crippen LogP contribution in [0.1, 0.15) is 11.1 Å². The molecule has 2 aromatic heterocycles. The molecule has 2 heterocycles. The van der Waals surface area contributed by atoms with Crippen LogP contribution < -0.4 is 4.57 Å². The number of aromatic nitrogens is 1. The Morgan fingerprint density at radius 2 is 1.83 bits per heavy atom. The summed E-state index contributed by atoms with van der Waals surface area (Å²) in [5.74, 6) is 0. The lowest BCUT2D eigenvalue weighted by atomic mass is 9.98. The van der Waals surface area contributed by atoms with Crippen LogP contribution in [0.4, 0.5) is 5.69 Å². The summed E-state index contributed by atoms with van der Waals surface area (Å²) < 4.78 is 8.05. The first kappa shape index (κ1) is 14.5. The number of para-hydroxylation sites is 1. The molecule has 0 spiro atoms. The van der Waals surface area contributed by atoms with E-state index in [1.807, 2.05) is 44.3 Å². The van der Waals surface area contributed by atoms with E-state index in [1.165, 1.54) is 5.56 Å². The average Bonchev–Trinajstić information content (AvgIpc) is 2.92. The second kappa shape index (κ2) is 5.21. The first-order chi connectivity index (χ1) is 11.6. The Morgan fingerprint density at radius 1 is 1.04 bits per heavy atom. The van der Waals surface area contributed by atoms with Crippen molar-refractivity contribution < 1.29 is 8.98 Å². The van der Waals surface area contributed by atoms with Crippen LogP contribution in [0.25, 0.3) is 38.0 Å². The zero-order chi connectivity index (χ0) is 16.8. The van der Waals surface area contributed by atoms with E-state index in [4.69, 9.17) is 11.0 Å². The molecular weight excluding hydrogens is 296 g/mol. The van der Waals surface area contributed by atoms with Crippen LogP contribution in [0.3, 0.4) is 0 Å². The van der Waals surface area contributed by atoms with Gasteiger partial charge in [-0.3, -0.25) is 0 Å². The molecule has 0 aliphatic carbocycles. The third kappa shape index (κ3) is 2.00. The maximum absolute atomic E-state index is 7.81. The van der Waals surface area contributed by atoms with Gasteiger partial charge in [0, 0.05) is 22.4 Å². The summed E-state index contributed by atoms with van der Waals surface area (Å²) in [5.41, 5.74) is 6.52. The third-order valence-corrected chi connectivity index (χ3v) is 4.49. The van der Waals surface area contributed by atoms with Gasteiger partial charge in [-0.15, -0.1) is 0 Å². The molecule has 2 aromatic carbocycles. The molecule has 0 fully saturated rings. The van der Waals surface area contributed by atoms with Crippen molar-refractivity contribution in [1.82, 2.24) is 0 Å². The highest BCUT2D eigenvalue weighted by atomic mass is 16.3. The summed E-state index contributed by atoms with van der Waals surface area (Å²) in [5, 5.41) is 1.90. The van der Waals surface area contributed by atoms with Gasteiger partial charge in [0.1, 0.15) is 18.2 Å². The minimum Gasteiger partial charge on any atom is -0.457 e. The van der Waals surface area contributed by atoms with E-state index < -0.39 is 0 Å². The van der Waals surface area contributed by atoms with Gasteiger partial charge in [0.25, 0.3) is 0 Å². The zero-order valence-electron chi connectivity index (χ0n) is 13.9. The molecule has 3 nitrogen and oxygen atoms in total. The Kier molecular flexibility index (Phi) is 3.14. The Bertz CT molecular complexity index is 1150. The van der Waals surface area contributed by atoms with Crippen molar-refractivity contribution in [2.45, 2.75) is 13.8 Å². The van der Waals surface area contributed by atoms with E-state index in [1.54, 1.807) is 0 Å². The summed E-state index contributed by atoms with van der Waals surface area (Å²) in [4.78, 5) is 3.90. The Balaban J connectivity index is 2.18. The van der Waals surface area contributed by atoms with Crippen molar-refractivity contribution in [2.75, 3.05) is 0 Å². The van der Waals surface area contributed by atoms with Gasteiger partial charge < -0.3 is 4.42 Å². The van der Waals surface area contributed by atoms with E-state index in [9.17, 15) is 0 Å². The fraction of sp³-hybridized carbons (Fsp3) is 0.143. The van der Waals surface area contributed by atoms with Gasteiger partial charge in [-0.2, -0.15) is 0 Å². The highest BCUT2D eigenvalue weighted by Gasteiger charge is 2.22. The molecular formula is C21H17N2O+. The van der Waals surface area contributed by atoms with Crippen LogP contribution in [0, 0.1) is 20.4 Å². The summed E-state index contributed by atoms with van der Waals surface area (Å²) in [7, 11) is 2.02. The van der Waals surface area contributed by atoms with Crippen molar-refractivity contribution in [2.24, 2.45) is 7.05 Å². The molecule has 0 saturated carbocycles. The molecule has 0 saturated heterocycles. The van der Waals surface area contributed by atoms with Crippen LogP contribution in [0.2, 0.25) is 0 Å². The number of pyridine rings is 1. The van der Waals surface area contributed by atoms with E-state index in [2.05, 4.69) is 34.7 Å². The number of hydrogen-bond donors (Lipinski definition) is 0. The minimum atomic E-state index is 0.661. The lowest BCUT2D eigenvalue weighted by Crippen LogP contribution is -2.31. The summed E-state index contributed by atoms with van der Waals surface area (Å²) in [6.07, 6.45) is 2.08. The molecule has 4 rings (SSSR count). The van der Waals surface area contributed by atoms with Gasteiger partial charge in [0.05, 0.1) is 12.1 Å². The molecule has 0 amide bonds. The maximum atomic E-state index is 7.81. The van der Waals surface area contributed by atoms with E-state index in [0.717, 1.165) is 38.8 Å². The van der Waals surface area contributed by atoms with E-state index >= 15 is 0 Å². The standard InChI is InChI=1S/C21H17N2O/c1-13-9-10-16(23(4)12-13)19-14(2)11-18-20(21(19)22-3)15-7-5-6-8-17(15)24-18/h5-12H,1-2,4H3/q+1. The van der Waals surface area contributed by atoms with Crippen molar-refractivity contribution in [3.63, 3.8) is 0 Å². The van der Waals surface area contributed by atoms with Crippen LogP contribution in [-0.2, 0) is 7.05 Å². The molecule has 0 radical (unpaired) electrons. The van der Waals surface area contributed by atoms with Crippen molar-refractivity contribution in [3.05, 3.63) is 71.2 Å². The van der Waals surface area contributed by atoms with E-state index in [0.29, 0.717) is 5.69 Å². The lowest BCUT2D eigenvalue weighted by Gasteiger charge is -2.08. The molecule has 0 unspecified atom stereocenters. The molecule has 24 heavy (non-hydrogen) atoms. The van der Waals surface area contributed by atoms with E-state index in [-0.39, 0.29) is 0 Å². The number of furan rings is 1. The number of benzene rings is 2. The fourth-order valence-corrected chi connectivity index (χ4v) is 3.43. The first-order valence-electron chi connectivity index (χ1n) is 7.89. The second-order valence-electron chi connectivity index (χ2n) is 6.20. The highest BCUT2D eigenvalue weighted by Crippen LogP contribution is 2.43. The molecule has 0 atom stereocenters. The smallest absolute Gasteiger partial charge is 0.212 e. The van der Waals surface area contributed by atoms with Crippen molar-refractivity contribution in [3.8, 4) is 11.3 Å². The van der Waals surface area contributed by atoms with Gasteiger partial charge >= 0.3 is 0 Å². The average molecular weight is 313 g/mol. The predicted octanol–water partition coefficient (Wildman–Crippen LogP) is 5.25. The highest BCUT2D eigenvalue weighted by molar-refractivity contribution is 6.15. The lowest BCUT2D eigenvalue weighted by molar-refractivity contribution is -0.660. The number of nitrogens with zero attached hydrogens (tertiary/aromatic N) is 2. The van der Waals surface area contributed by atoms with Crippen LogP contribution in [-0.4, -0.2) is 0 Å². The second-order valence-corrected chi connectivity index (χ2v) is 6.20. The Hall–Kier alpha value is -3.12. The minimum absolute atomic E-state index is 0.661. The zero-order valence-corrected chi connectivity index (χ0v) is 13.9. The fourth-order valence-electron chi connectivity index (χ4n) is 3.43. The molecule has 0 bridgehead atoms. The predicted molar refractivity (Wildman–Crippen MR) is 96.1 cm³/mol. The Morgan fingerprint density at radius 3 is 2.58 bits per heavy atom. The molecule has 0 N–H and O–H groups in total.